The summed E-state index contributed by atoms with van der Waals surface area (Å²) in [5.74, 6) is -0.435. The Morgan fingerprint density at radius 3 is 2.19 bits per heavy atom. The van der Waals surface area contributed by atoms with Crippen molar-refractivity contribution in [3.63, 3.8) is 0 Å². The Balaban J connectivity index is 2.32. The summed E-state index contributed by atoms with van der Waals surface area (Å²) in [5, 5.41) is 5.29. The van der Waals surface area contributed by atoms with Crippen LogP contribution in [0.5, 0.6) is 0 Å². The SMILES string of the molecule is CC(C)(C)C(=O)N1CCC(NC(=O)CNC(=O)CN)CC1. The van der Waals surface area contributed by atoms with Gasteiger partial charge in [-0.1, -0.05) is 20.8 Å². The van der Waals surface area contributed by atoms with Gasteiger partial charge in [0.1, 0.15) is 0 Å². The van der Waals surface area contributed by atoms with E-state index >= 15 is 0 Å². The highest BCUT2D eigenvalue weighted by molar-refractivity contribution is 5.85. The second kappa shape index (κ2) is 7.40. The van der Waals surface area contributed by atoms with Crippen LogP contribution in [0.1, 0.15) is 33.6 Å². The fourth-order valence-corrected chi connectivity index (χ4v) is 2.23. The summed E-state index contributed by atoms with van der Waals surface area (Å²) in [6, 6.07) is 0.0521. The van der Waals surface area contributed by atoms with E-state index in [0.717, 1.165) is 12.8 Å². The summed E-state index contributed by atoms with van der Waals surface area (Å²) in [6.07, 6.45) is 1.47. The molecule has 0 bridgehead atoms. The number of piperidine rings is 1. The molecule has 1 rings (SSSR count). The Morgan fingerprint density at radius 1 is 1.14 bits per heavy atom. The largest absolute Gasteiger partial charge is 0.352 e. The minimum atomic E-state index is -0.372. The molecule has 120 valence electrons. The van der Waals surface area contributed by atoms with E-state index in [1.54, 1.807) is 0 Å². The molecule has 0 unspecified atom stereocenters. The van der Waals surface area contributed by atoms with Crippen LogP contribution in [0, 0.1) is 5.41 Å². The Hall–Kier alpha value is -1.63. The van der Waals surface area contributed by atoms with Crippen LogP contribution >= 0.6 is 0 Å². The third-order valence-corrected chi connectivity index (χ3v) is 3.42. The molecular weight excluding hydrogens is 272 g/mol. The molecule has 4 N–H and O–H groups in total. The number of carbonyl (C=O) groups excluding carboxylic acids is 3. The zero-order valence-electron chi connectivity index (χ0n) is 13.1. The molecule has 1 fully saturated rings. The molecular formula is C14H26N4O3. The number of likely N-dealkylation sites (tertiary alicyclic amines) is 1. The predicted octanol–water partition coefficient (Wildman–Crippen LogP) is -0.785. The van der Waals surface area contributed by atoms with Crippen molar-refractivity contribution >= 4 is 17.7 Å². The predicted molar refractivity (Wildman–Crippen MR) is 79.3 cm³/mol. The quantitative estimate of drug-likeness (QED) is 0.633. The molecule has 0 aromatic carbocycles. The van der Waals surface area contributed by atoms with Crippen molar-refractivity contribution in [2.75, 3.05) is 26.2 Å². The molecule has 3 amide bonds. The maximum absolute atomic E-state index is 12.1. The van der Waals surface area contributed by atoms with Gasteiger partial charge in [-0.15, -0.1) is 0 Å². The molecule has 0 atom stereocenters. The second-order valence-corrected chi connectivity index (χ2v) is 6.36. The zero-order chi connectivity index (χ0) is 16.0. The van der Waals surface area contributed by atoms with Crippen molar-refractivity contribution in [2.24, 2.45) is 11.1 Å². The summed E-state index contributed by atoms with van der Waals surface area (Å²) in [7, 11) is 0. The number of hydrogen-bond acceptors (Lipinski definition) is 4. The number of nitrogens with one attached hydrogen (secondary N) is 2. The highest BCUT2D eigenvalue weighted by Gasteiger charge is 2.30. The first-order valence-electron chi connectivity index (χ1n) is 7.29. The van der Waals surface area contributed by atoms with E-state index in [1.807, 2.05) is 25.7 Å². The molecule has 1 heterocycles. The Labute approximate surface area is 125 Å². The molecule has 7 heteroatoms. The third kappa shape index (κ3) is 5.71. The van der Waals surface area contributed by atoms with Crippen molar-refractivity contribution in [2.45, 2.75) is 39.7 Å². The molecule has 21 heavy (non-hydrogen) atoms. The first-order chi connectivity index (χ1) is 9.74. The van der Waals surface area contributed by atoms with Gasteiger partial charge >= 0.3 is 0 Å². The molecule has 0 aliphatic carbocycles. The van der Waals surface area contributed by atoms with Gasteiger partial charge in [0.05, 0.1) is 13.1 Å². The number of rotatable bonds is 4. The highest BCUT2D eigenvalue weighted by atomic mass is 16.2. The molecule has 1 saturated heterocycles. The highest BCUT2D eigenvalue weighted by Crippen LogP contribution is 2.20. The molecule has 0 spiro atoms. The lowest BCUT2D eigenvalue weighted by Gasteiger charge is -2.36. The van der Waals surface area contributed by atoms with E-state index in [4.69, 9.17) is 5.73 Å². The fourth-order valence-electron chi connectivity index (χ4n) is 2.23. The summed E-state index contributed by atoms with van der Waals surface area (Å²) >= 11 is 0. The van der Waals surface area contributed by atoms with Crippen LogP contribution in [0.3, 0.4) is 0 Å². The van der Waals surface area contributed by atoms with Gasteiger partial charge in [-0.25, -0.2) is 0 Å². The van der Waals surface area contributed by atoms with Crippen molar-refractivity contribution in [1.82, 2.24) is 15.5 Å². The van der Waals surface area contributed by atoms with E-state index in [2.05, 4.69) is 10.6 Å². The topological polar surface area (TPSA) is 105 Å². The van der Waals surface area contributed by atoms with Crippen LogP contribution in [0.2, 0.25) is 0 Å². The van der Waals surface area contributed by atoms with Gasteiger partial charge in [-0.3, -0.25) is 14.4 Å². The van der Waals surface area contributed by atoms with Gasteiger partial charge in [-0.05, 0) is 12.8 Å². The summed E-state index contributed by atoms with van der Waals surface area (Å²) in [6.45, 7) is 6.83. The Bertz CT molecular complexity index is 396. The van der Waals surface area contributed by atoms with Crippen LogP contribution in [-0.4, -0.2) is 54.8 Å². The van der Waals surface area contributed by atoms with Crippen LogP contribution in [-0.2, 0) is 14.4 Å². The minimum Gasteiger partial charge on any atom is -0.352 e. The minimum absolute atomic E-state index is 0.0521. The molecule has 0 radical (unpaired) electrons. The van der Waals surface area contributed by atoms with E-state index in [1.165, 1.54) is 0 Å². The number of amides is 3. The van der Waals surface area contributed by atoms with Crippen molar-refractivity contribution in [1.29, 1.82) is 0 Å². The van der Waals surface area contributed by atoms with Gasteiger partial charge in [0, 0.05) is 24.5 Å². The van der Waals surface area contributed by atoms with E-state index in [-0.39, 0.29) is 42.3 Å². The first kappa shape index (κ1) is 17.4. The van der Waals surface area contributed by atoms with Crippen LogP contribution < -0.4 is 16.4 Å². The standard InChI is InChI=1S/C14H26N4O3/c1-14(2,3)13(21)18-6-4-10(5-7-18)17-12(20)9-16-11(19)8-15/h10H,4-9,15H2,1-3H3,(H,16,19)(H,17,20). The molecule has 7 nitrogen and oxygen atoms in total. The van der Waals surface area contributed by atoms with Gasteiger partial charge in [0.15, 0.2) is 0 Å². The maximum Gasteiger partial charge on any atom is 0.239 e. The average molecular weight is 298 g/mol. The zero-order valence-corrected chi connectivity index (χ0v) is 13.1. The Kier molecular flexibility index (Phi) is 6.14. The summed E-state index contributed by atoms with van der Waals surface area (Å²) in [5.41, 5.74) is 4.77. The van der Waals surface area contributed by atoms with Crippen molar-refractivity contribution in [3.05, 3.63) is 0 Å². The molecule has 0 aromatic rings. The number of carbonyl (C=O) groups is 3. The molecule has 0 aromatic heterocycles. The van der Waals surface area contributed by atoms with E-state index in [0.29, 0.717) is 13.1 Å². The van der Waals surface area contributed by atoms with Crippen molar-refractivity contribution in [3.8, 4) is 0 Å². The lowest BCUT2D eigenvalue weighted by Crippen LogP contribution is -2.50. The number of nitrogens with two attached hydrogens (primary N) is 1. The average Bonchev–Trinajstić information content (AvgIpc) is 2.43. The number of nitrogens with zero attached hydrogens (tertiary/aromatic N) is 1. The van der Waals surface area contributed by atoms with Gasteiger partial charge < -0.3 is 21.3 Å². The molecule has 1 aliphatic rings. The molecule has 0 saturated carbocycles. The number of hydrogen-bond donors (Lipinski definition) is 3. The summed E-state index contributed by atoms with van der Waals surface area (Å²) < 4.78 is 0. The Morgan fingerprint density at radius 2 is 1.71 bits per heavy atom. The normalized spacial score (nSPS) is 16.5. The second-order valence-electron chi connectivity index (χ2n) is 6.36. The first-order valence-corrected chi connectivity index (χ1v) is 7.29. The van der Waals surface area contributed by atoms with Crippen LogP contribution in [0.25, 0.3) is 0 Å². The van der Waals surface area contributed by atoms with E-state index < -0.39 is 0 Å². The van der Waals surface area contributed by atoms with Crippen LogP contribution in [0.4, 0.5) is 0 Å². The van der Waals surface area contributed by atoms with Gasteiger partial charge in [0.25, 0.3) is 0 Å². The summed E-state index contributed by atoms with van der Waals surface area (Å²) in [4.78, 5) is 36.6. The van der Waals surface area contributed by atoms with Gasteiger partial charge in [-0.2, -0.15) is 0 Å². The smallest absolute Gasteiger partial charge is 0.239 e. The fraction of sp³-hybridized carbons (Fsp3) is 0.786. The van der Waals surface area contributed by atoms with E-state index in [9.17, 15) is 14.4 Å². The lowest BCUT2D eigenvalue weighted by molar-refractivity contribution is -0.140. The third-order valence-electron chi connectivity index (χ3n) is 3.42. The maximum atomic E-state index is 12.1. The monoisotopic (exact) mass is 298 g/mol. The van der Waals surface area contributed by atoms with Crippen LogP contribution in [0.15, 0.2) is 0 Å². The lowest BCUT2D eigenvalue weighted by atomic mass is 9.93. The van der Waals surface area contributed by atoms with Crippen molar-refractivity contribution < 1.29 is 14.4 Å². The van der Waals surface area contributed by atoms with Gasteiger partial charge in [0.2, 0.25) is 17.7 Å². The molecule has 1 aliphatic heterocycles.